The maximum absolute atomic E-state index is 12.3. The van der Waals surface area contributed by atoms with Crippen LogP contribution in [0.1, 0.15) is 24.2 Å². The Kier molecular flexibility index (Phi) is 7.22. The van der Waals surface area contributed by atoms with Crippen LogP contribution in [0.15, 0.2) is 28.7 Å². The first-order valence-corrected chi connectivity index (χ1v) is 7.95. The Morgan fingerprint density at radius 3 is 2.35 bits per heavy atom. The number of ether oxygens (including phenoxy) is 1. The summed E-state index contributed by atoms with van der Waals surface area (Å²) in [5.74, 6) is -1.51. The second-order valence-electron chi connectivity index (χ2n) is 5.57. The lowest BCUT2D eigenvalue weighted by Crippen LogP contribution is -2.46. The van der Waals surface area contributed by atoms with Gasteiger partial charge < -0.3 is 15.0 Å². The van der Waals surface area contributed by atoms with E-state index in [0.29, 0.717) is 10.0 Å². The lowest BCUT2D eigenvalue weighted by molar-refractivity contribution is -0.153. The number of hydrogen-bond acceptors (Lipinski definition) is 4. The first-order valence-electron chi connectivity index (χ1n) is 7.16. The molecule has 0 saturated heterocycles. The molecule has 1 atom stereocenters. The minimum Gasteiger partial charge on any atom is -0.454 e. The highest BCUT2D eigenvalue weighted by molar-refractivity contribution is 9.10. The van der Waals surface area contributed by atoms with E-state index in [1.54, 1.807) is 52.2 Å². The van der Waals surface area contributed by atoms with Crippen molar-refractivity contribution in [3.05, 3.63) is 34.3 Å². The van der Waals surface area contributed by atoms with Crippen molar-refractivity contribution in [3.8, 4) is 0 Å². The highest BCUT2D eigenvalue weighted by Gasteiger charge is 2.27. The summed E-state index contributed by atoms with van der Waals surface area (Å²) in [4.78, 5) is 37.3. The zero-order chi connectivity index (χ0) is 17.6. The van der Waals surface area contributed by atoms with Crippen LogP contribution in [0.4, 0.5) is 0 Å². The Morgan fingerprint density at radius 1 is 1.22 bits per heavy atom. The third kappa shape index (κ3) is 5.67. The van der Waals surface area contributed by atoms with E-state index < -0.39 is 12.0 Å². The Labute approximate surface area is 144 Å². The van der Waals surface area contributed by atoms with Gasteiger partial charge in [0.05, 0.1) is 5.56 Å². The Bertz CT molecular complexity index is 587. The molecule has 126 valence electrons. The van der Waals surface area contributed by atoms with Gasteiger partial charge in [-0.3, -0.25) is 9.59 Å². The van der Waals surface area contributed by atoms with E-state index in [-0.39, 0.29) is 24.3 Å². The molecule has 7 heteroatoms. The van der Waals surface area contributed by atoms with Crippen molar-refractivity contribution in [2.75, 3.05) is 20.7 Å². The van der Waals surface area contributed by atoms with E-state index in [0.717, 1.165) is 0 Å². The summed E-state index contributed by atoms with van der Waals surface area (Å²) in [7, 11) is 3.15. The van der Waals surface area contributed by atoms with Gasteiger partial charge in [-0.2, -0.15) is 0 Å². The standard InChI is InChI=1S/C16H21BrN2O4/c1-10(2)14(16(22)23-9-13(20)19(3)4)18-15(21)11-7-5-6-8-12(11)17/h5-8,10,14H,9H2,1-4H3,(H,18,21)/t14-/m0/s1. The van der Waals surface area contributed by atoms with Crippen molar-refractivity contribution < 1.29 is 19.1 Å². The maximum atomic E-state index is 12.3. The van der Waals surface area contributed by atoms with Crippen molar-refractivity contribution in [3.63, 3.8) is 0 Å². The monoisotopic (exact) mass is 384 g/mol. The van der Waals surface area contributed by atoms with Crippen LogP contribution in [0.3, 0.4) is 0 Å². The molecule has 0 aliphatic heterocycles. The smallest absolute Gasteiger partial charge is 0.329 e. The number of nitrogens with zero attached hydrogens (tertiary/aromatic N) is 1. The van der Waals surface area contributed by atoms with E-state index in [2.05, 4.69) is 21.2 Å². The topological polar surface area (TPSA) is 75.7 Å². The lowest BCUT2D eigenvalue weighted by atomic mass is 10.0. The molecular formula is C16H21BrN2O4. The summed E-state index contributed by atoms with van der Waals surface area (Å²) in [5.41, 5.74) is 0.426. The summed E-state index contributed by atoms with van der Waals surface area (Å²) >= 11 is 3.30. The largest absolute Gasteiger partial charge is 0.454 e. The van der Waals surface area contributed by atoms with Gasteiger partial charge >= 0.3 is 5.97 Å². The first-order chi connectivity index (χ1) is 10.7. The van der Waals surface area contributed by atoms with Crippen LogP contribution in [0.5, 0.6) is 0 Å². The zero-order valence-electron chi connectivity index (χ0n) is 13.6. The van der Waals surface area contributed by atoms with E-state index in [1.807, 2.05) is 0 Å². The van der Waals surface area contributed by atoms with Gasteiger partial charge in [0.1, 0.15) is 6.04 Å². The lowest BCUT2D eigenvalue weighted by Gasteiger charge is -2.21. The summed E-state index contributed by atoms with van der Waals surface area (Å²) < 4.78 is 5.63. The molecule has 0 aromatic heterocycles. The van der Waals surface area contributed by atoms with Crippen molar-refractivity contribution in [1.29, 1.82) is 0 Å². The van der Waals surface area contributed by atoms with E-state index in [4.69, 9.17) is 4.74 Å². The predicted octanol–water partition coefficient (Wildman–Crippen LogP) is 1.83. The van der Waals surface area contributed by atoms with Gasteiger partial charge in [-0.15, -0.1) is 0 Å². The van der Waals surface area contributed by atoms with Crippen LogP contribution in [0.2, 0.25) is 0 Å². The molecule has 0 radical (unpaired) electrons. The Hall–Kier alpha value is -1.89. The van der Waals surface area contributed by atoms with Crippen LogP contribution < -0.4 is 5.32 Å². The van der Waals surface area contributed by atoms with Gasteiger partial charge in [0, 0.05) is 18.6 Å². The van der Waals surface area contributed by atoms with Gasteiger partial charge in [0.15, 0.2) is 6.61 Å². The number of carbonyl (C=O) groups is 3. The number of benzene rings is 1. The average Bonchev–Trinajstić information content (AvgIpc) is 2.49. The van der Waals surface area contributed by atoms with E-state index >= 15 is 0 Å². The molecule has 0 aliphatic carbocycles. The molecule has 0 saturated carbocycles. The SMILES string of the molecule is CC(C)[C@H](NC(=O)c1ccccc1Br)C(=O)OCC(=O)N(C)C. The molecule has 1 rings (SSSR count). The Morgan fingerprint density at radius 2 is 1.83 bits per heavy atom. The van der Waals surface area contributed by atoms with Gasteiger partial charge in [-0.05, 0) is 34.0 Å². The highest BCUT2D eigenvalue weighted by Crippen LogP contribution is 2.16. The van der Waals surface area contributed by atoms with Crippen LogP contribution in [0.25, 0.3) is 0 Å². The van der Waals surface area contributed by atoms with Crippen molar-refractivity contribution in [2.24, 2.45) is 5.92 Å². The molecule has 0 aliphatic rings. The minimum absolute atomic E-state index is 0.177. The molecular weight excluding hydrogens is 364 g/mol. The second-order valence-corrected chi connectivity index (χ2v) is 6.43. The molecule has 1 aromatic rings. The molecule has 0 fully saturated rings. The fraction of sp³-hybridized carbons (Fsp3) is 0.438. The average molecular weight is 385 g/mol. The number of carbonyl (C=O) groups excluding carboxylic acids is 3. The number of likely N-dealkylation sites (N-methyl/N-ethyl adjacent to an activating group) is 1. The molecule has 1 aromatic carbocycles. The normalized spacial score (nSPS) is 11.7. The van der Waals surface area contributed by atoms with Crippen LogP contribution in [-0.4, -0.2) is 49.4 Å². The highest BCUT2D eigenvalue weighted by atomic mass is 79.9. The molecule has 23 heavy (non-hydrogen) atoms. The van der Waals surface area contributed by atoms with E-state index in [1.165, 1.54) is 4.90 Å². The third-order valence-electron chi connectivity index (χ3n) is 3.16. The molecule has 0 heterocycles. The van der Waals surface area contributed by atoms with Gasteiger partial charge in [0.2, 0.25) is 0 Å². The Balaban J connectivity index is 2.75. The van der Waals surface area contributed by atoms with Crippen LogP contribution in [0, 0.1) is 5.92 Å². The van der Waals surface area contributed by atoms with Gasteiger partial charge in [-0.1, -0.05) is 26.0 Å². The maximum Gasteiger partial charge on any atom is 0.329 e. The van der Waals surface area contributed by atoms with Crippen molar-refractivity contribution in [2.45, 2.75) is 19.9 Å². The van der Waals surface area contributed by atoms with Crippen molar-refractivity contribution >= 4 is 33.7 Å². The van der Waals surface area contributed by atoms with Crippen LogP contribution in [-0.2, 0) is 14.3 Å². The fourth-order valence-corrected chi connectivity index (χ4v) is 2.18. The van der Waals surface area contributed by atoms with Crippen molar-refractivity contribution in [1.82, 2.24) is 10.2 Å². The second kappa shape index (κ2) is 8.67. The third-order valence-corrected chi connectivity index (χ3v) is 3.85. The molecule has 0 bridgehead atoms. The molecule has 0 unspecified atom stereocenters. The molecule has 1 N–H and O–H groups in total. The summed E-state index contributed by atoms with van der Waals surface area (Å²) in [6, 6.07) is 6.09. The summed E-state index contributed by atoms with van der Waals surface area (Å²) in [5, 5.41) is 2.66. The summed E-state index contributed by atoms with van der Waals surface area (Å²) in [6.07, 6.45) is 0. The van der Waals surface area contributed by atoms with E-state index in [9.17, 15) is 14.4 Å². The molecule has 0 spiro atoms. The zero-order valence-corrected chi connectivity index (χ0v) is 15.2. The number of rotatable bonds is 6. The molecule has 6 nitrogen and oxygen atoms in total. The van der Waals surface area contributed by atoms with Crippen LogP contribution >= 0.6 is 15.9 Å². The number of halogens is 1. The predicted molar refractivity (Wildman–Crippen MR) is 89.9 cm³/mol. The van der Waals surface area contributed by atoms with Gasteiger partial charge in [0.25, 0.3) is 11.8 Å². The quantitative estimate of drug-likeness (QED) is 0.759. The summed E-state index contributed by atoms with van der Waals surface area (Å²) in [6.45, 7) is 3.24. The number of hydrogen-bond donors (Lipinski definition) is 1. The fourth-order valence-electron chi connectivity index (χ4n) is 1.71. The first kappa shape index (κ1) is 19.2. The van der Waals surface area contributed by atoms with Gasteiger partial charge in [-0.25, -0.2) is 4.79 Å². The molecule has 2 amide bonds. The number of esters is 1. The number of amides is 2. The minimum atomic E-state index is -0.829. The number of nitrogens with one attached hydrogen (secondary N) is 1.